The number of thioether (sulfide) groups is 1. The van der Waals surface area contributed by atoms with Crippen LogP contribution in [0, 0.1) is 0 Å². The lowest BCUT2D eigenvalue weighted by Gasteiger charge is -2.22. The summed E-state index contributed by atoms with van der Waals surface area (Å²) in [6.07, 6.45) is 0. The minimum absolute atomic E-state index is 0.762. The van der Waals surface area contributed by atoms with Gasteiger partial charge in [-0.2, -0.15) is 0 Å². The molecule has 1 aromatic rings. The van der Waals surface area contributed by atoms with E-state index < -0.39 is 0 Å². The number of aliphatic imine (C=N–C) groups is 1. The van der Waals surface area contributed by atoms with Crippen LogP contribution < -0.4 is 5.32 Å². The Morgan fingerprint density at radius 1 is 1.50 bits per heavy atom. The summed E-state index contributed by atoms with van der Waals surface area (Å²) >= 11 is 7.78. The average molecular weight is 256 g/mol. The van der Waals surface area contributed by atoms with Crippen molar-refractivity contribution >= 4 is 28.5 Å². The number of benzene rings is 1. The second-order valence-electron chi connectivity index (χ2n) is 3.68. The van der Waals surface area contributed by atoms with Crippen LogP contribution in [0.4, 0.5) is 0 Å². The molecule has 1 aliphatic heterocycles. The zero-order valence-corrected chi connectivity index (χ0v) is 10.7. The number of nitrogens with zero attached hydrogens (tertiary/aromatic N) is 2. The zero-order valence-electron chi connectivity index (χ0n) is 9.11. The maximum atomic E-state index is 6.08. The van der Waals surface area contributed by atoms with E-state index in [0.717, 1.165) is 34.8 Å². The van der Waals surface area contributed by atoms with Gasteiger partial charge in [-0.05, 0) is 18.7 Å². The topological polar surface area (TPSA) is 27.6 Å². The Morgan fingerprint density at radius 2 is 2.31 bits per heavy atom. The molecule has 0 aromatic heterocycles. The van der Waals surface area contributed by atoms with Gasteiger partial charge in [0.15, 0.2) is 5.17 Å². The van der Waals surface area contributed by atoms with Crippen LogP contribution in [-0.4, -0.2) is 30.5 Å². The molecule has 16 heavy (non-hydrogen) atoms. The highest BCUT2D eigenvalue weighted by Crippen LogP contribution is 2.21. The Balaban J connectivity index is 1.91. The maximum Gasteiger partial charge on any atom is 0.159 e. The van der Waals surface area contributed by atoms with Crippen molar-refractivity contribution in [1.29, 1.82) is 0 Å². The monoisotopic (exact) mass is 255 g/mol. The molecule has 0 fully saturated rings. The third-order valence-electron chi connectivity index (χ3n) is 2.28. The molecule has 1 aliphatic rings. The lowest BCUT2D eigenvalue weighted by molar-refractivity contribution is 0.326. The SMILES string of the molecule is CN1CN=C(SCc2ccccc2Cl)NC1. The minimum Gasteiger partial charge on any atom is -0.352 e. The lowest BCUT2D eigenvalue weighted by Crippen LogP contribution is -2.39. The van der Waals surface area contributed by atoms with Crippen LogP contribution in [-0.2, 0) is 5.75 Å². The lowest BCUT2D eigenvalue weighted by atomic mass is 10.2. The Morgan fingerprint density at radius 3 is 3.00 bits per heavy atom. The van der Waals surface area contributed by atoms with E-state index in [1.54, 1.807) is 11.8 Å². The predicted octanol–water partition coefficient (Wildman–Crippen LogP) is 2.38. The van der Waals surface area contributed by atoms with Gasteiger partial charge in [0.25, 0.3) is 0 Å². The summed E-state index contributed by atoms with van der Waals surface area (Å²) in [6, 6.07) is 7.92. The van der Waals surface area contributed by atoms with E-state index in [0.29, 0.717) is 0 Å². The van der Waals surface area contributed by atoms with Gasteiger partial charge in [0.1, 0.15) is 0 Å². The first-order valence-electron chi connectivity index (χ1n) is 5.09. The highest BCUT2D eigenvalue weighted by molar-refractivity contribution is 8.13. The summed E-state index contributed by atoms with van der Waals surface area (Å²) < 4.78 is 0. The molecule has 0 aliphatic carbocycles. The molecule has 1 heterocycles. The van der Waals surface area contributed by atoms with Crippen molar-refractivity contribution < 1.29 is 0 Å². The van der Waals surface area contributed by atoms with Crippen molar-refractivity contribution in [1.82, 2.24) is 10.2 Å². The van der Waals surface area contributed by atoms with E-state index in [2.05, 4.69) is 15.2 Å². The van der Waals surface area contributed by atoms with Gasteiger partial charge in [-0.1, -0.05) is 41.6 Å². The Hall–Kier alpha value is -0.710. The molecule has 0 spiro atoms. The number of amidine groups is 1. The first-order chi connectivity index (χ1) is 7.75. The van der Waals surface area contributed by atoms with Crippen molar-refractivity contribution in [2.75, 3.05) is 20.4 Å². The summed E-state index contributed by atoms with van der Waals surface area (Å²) in [4.78, 5) is 6.52. The molecular weight excluding hydrogens is 242 g/mol. The average Bonchev–Trinajstić information content (AvgIpc) is 2.30. The third-order valence-corrected chi connectivity index (χ3v) is 3.65. The molecule has 1 aromatic carbocycles. The van der Waals surface area contributed by atoms with Crippen molar-refractivity contribution in [2.45, 2.75) is 5.75 Å². The molecule has 0 saturated heterocycles. The van der Waals surface area contributed by atoms with Crippen LogP contribution >= 0.6 is 23.4 Å². The van der Waals surface area contributed by atoms with Gasteiger partial charge >= 0.3 is 0 Å². The van der Waals surface area contributed by atoms with Gasteiger partial charge in [0, 0.05) is 10.8 Å². The van der Waals surface area contributed by atoms with E-state index in [9.17, 15) is 0 Å². The highest BCUT2D eigenvalue weighted by atomic mass is 35.5. The second kappa shape index (κ2) is 5.57. The number of rotatable bonds is 2. The molecule has 0 saturated carbocycles. The standard InChI is InChI=1S/C11H14ClN3S/c1-15-7-13-11(14-8-15)16-6-9-4-2-3-5-10(9)12/h2-5H,6-8H2,1H3,(H,13,14). The van der Waals surface area contributed by atoms with E-state index in [1.807, 2.05) is 31.3 Å². The van der Waals surface area contributed by atoms with Gasteiger partial charge in [-0.3, -0.25) is 4.90 Å². The molecule has 0 amide bonds. The summed E-state index contributed by atoms with van der Waals surface area (Å²) in [5, 5.41) is 5.08. The van der Waals surface area contributed by atoms with Crippen molar-refractivity contribution in [3.63, 3.8) is 0 Å². The van der Waals surface area contributed by atoms with Crippen LogP contribution in [0.2, 0.25) is 5.02 Å². The third kappa shape index (κ3) is 3.14. The van der Waals surface area contributed by atoms with E-state index in [1.165, 1.54) is 0 Å². The molecule has 5 heteroatoms. The quantitative estimate of drug-likeness (QED) is 0.879. The van der Waals surface area contributed by atoms with Crippen molar-refractivity contribution in [2.24, 2.45) is 4.99 Å². The summed E-state index contributed by atoms with van der Waals surface area (Å²) in [6.45, 7) is 1.62. The van der Waals surface area contributed by atoms with Gasteiger partial charge in [0.05, 0.1) is 13.3 Å². The number of nitrogens with one attached hydrogen (secondary N) is 1. The Bertz CT molecular complexity index is 395. The van der Waals surface area contributed by atoms with Gasteiger partial charge in [0.2, 0.25) is 0 Å². The van der Waals surface area contributed by atoms with Gasteiger partial charge < -0.3 is 5.32 Å². The first-order valence-corrected chi connectivity index (χ1v) is 6.45. The molecule has 1 N–H and O–H groups in total. The molecule has 2 rings (SSSR count). The zero-order chi connectivity index (χ0) is 11.4. The van der Waals surface area contributed by atoms with E-state index in [-0.39, 0.29) is 0 Å². The second-order valence-corrected chi connectivity index (χ2v) is 5.05. The van der Waals surface area contributed by atoms with Crippen LogP contribution in [0.3, 0.4) is 0 Å². The smallest absolute Gasteiger partial charge is 0.159 e. The van der Waals surface area contributed by atoms with Crippen molar-refractivity contribution in [3.8, 4) is 0 Å². The highest BCUT2D eigenvalue weighted by Gasteiger charge is 2.09. The van der Waals surface area contributed by atoms with Gasteiger partial charge in [-0.15, -0.1) is 0 Å². The number of halogens is 1. The molecule has 0 unspecified atom stereocenters. The maximum absolute atomic E-state index is 6.08. The van der Waals surface area contributed by atoms with E-state index >= 15 is 0 Å². The normalized spacial score (nSPS) is 16.8. The first kappa shape index (κ1) is 11.8. The molecule has 3 nitrogen and oxygen atoms in total. The fourth-order valence-corrected chi connectivity index (χ4v) is 2.49. The van der Waals surface area contributed by atoms with Crippen molar-refractivity contribution in [3.05, 3.63) is 34.9 Å². The van der Waals surface area contributed by atoms with E-state index in [4.69, 9.17) is 11.6 Å². The van der Waals surface area contributed by atoms with Crippen LogP contribution in [0.1, 0.15) is 5.56 Å². The van der Waals surface area contributed by atoms with Crippen LogP contribution in [0.5, 0.6) is 0 Å². The largest absolute Gasteiger partial charge is 0.352 e. The molecular formula is C11H14ClN3S. The van der Waals surface area contributed by atoms with Crippen LogP contribution in [0.15, 0.2) is 29.3 Å². The predicted molar refractivity (Wildman–Crippen MR) is 70.8 cm³/mol. The van der Waals surface area contributed by atoms with Crippen LogP contribution in [0.25, 0.3) is 0 Å². The molecule has 0 bridgehead atoms. The Labute approximate surface area is 105 Å². The fourth-order valence-electron chi connectivity index (χ4n) is 1.35. The summed E-state index contributed by atoms with van der Waals surface area (Å²) in [7, 11) is 2.03. The Kier molecular flexibility index (Phi) is 4.09. The van der Waals surface area contributed by atoms with Gasteiger partial charge in [-0.25, -0.2) is 4.99 Å². The summed E-state index contributed by atoms with van der Waals surface area (Å²) in [5.41, 5.74) is 1.15. The number of hydrogen-bond acceptors (Lipinski definition) is 4. The minimum atomic E-state index is 0.762. The molecule has 86 valence electrons. The molecule has 0 radical (unpaired) electrons. The molecule has 0 atom stereocenters. The fraction of sp³-hybridized carbons (Fsp3) is 0.364. The summed E-state index contributed by atoms with van der Waals surface area (Å²) in [5.74, 6) is 0.856. The number of hydrogen-bond donors (Lipinski definition) is 1.